The fourth-order valence-corrected chi connectivity index (χ4v) is 2.41. The third-order valence-electron chi connectivity index (χ3n) is 3.51. The van der Waals surface area contributed by atoms with Gasteiger partial charge in [0.1, 0.15) is 6.61 Å². The average molecular weight is 327 g/mol. The molecule has 2 amide bonds. The van der Waals surface area contributed by atoms with E-state index in [0.29, 0.717) is 24.0 Å². The van der Waals surface area contributed by atoms with Crippen molar-refractivity contribution in [1.29, 1.82) is 0 Å². The van der Waals surface area contributed by atoms with Crippen LogP contribution in [0.3, 0.4) is 0 Å². The van der Waals surface area contributed by atoms with Crippen LogP contribution >= 0.6 is 0 Å². The van der Waals surface area contributed by atoms with E-state index in [1.165, 1.54) is 17.9 Å². The summed E-state index contributed by atoms with van der Waals surface area (Å²) in [6.07, 6.45) is 1.43. The molecule has 1 aliphatic rings. The zero-order chi connectivity index (χ0) is 17.1. The molecule has 0 saturated heterocycles. The summed E-state index contributed by atoms with van der Waals surface area (Å²) in [6.45, 7) is 1.98. The molecule has 1 aliphatic heterocycles. The SMILES string of the molecule is COCc1nc(-c2cccc(NC3=CC(=O)N(C(C)=O)C3)c2)n[nH]1. The van der Waals surface area contributed by atoms with Crippen molar-refractivity contribution in [3.63, 3.8) is 0 Å². The Morgan fingerprint density at radius 3 is 3.00 bits per heavy atom. The number of nitrogens with one attached hydrogen (secondary N) is 2. The lowest BCUT2D eigenvalue weighted by Crippen LogP contribution is -2.31. The van der Waals surface area contributed by atoms with Crippen LogP contribution in [0.25, 0.3) is 11.4 Å². The average Bonchev–Trinajstić information content (AvgIpc) is 3.15. The molecule has 24 heavy (non-hydrogen) atoms. The molecule has 8 nitrogen and oxygen atoms in total. The predicted molar refractivity (Wildman–Crippen MR) is 86.6 cm³/mol. The van der Waals surface area contributed by atoms with Gasteiger partial charge in [-0.3, -0.25) is 19.6 Å². The Morgan fingerprint density at radius 2 is 2.29 bits per heavy atom. The van der Waals surface area contributed by atoms with Crippen molar-refractivity contribution in [2.24, 2.45) is 0 Å². The summed E-state index contributed by atoms with van der Waals surface area (Å²) in [5, 5.41) is 10.1. The predicted octanol–water partition coefficient (Wildman–Crippen LogP) is 1.30. The Kier molecular flexibility index (Phi) is 4.39. The van der Waals surface area contributed by atoms with Gasteiger partial charge in [-0.05, 0) is 12.1 Å². The summed E-state index contributed by atoms with van der Waals surface area (Å²) >= 11 is 0. The van der Waals surface area contributed by atoms with E-state index in [9.17, 15) is 9.59 Å². The van der Waals surface area contributed by atoms with E-state index in [-0.39, 0.29) is 18.4 Å². The maximum absolute atomic E-state index is 11.7. The molecule has 2 aromatic rings. The number of hydrogen-bond acceptors (Lipinski definition) is 6. The summed E-state index contributed by atoms with van der Waals surface area (Å²) in [4.78, 5) is 28.6. The Balaban J connectivity index is 1.75. The zero-order valence-electron chi connectivity index (χ0n) is 13.4. The molecular weight excluding hydrogens is 310 g/mol. The second-order valence-corrected chi connectivity index (χ2v) is 5.36. The van der Waals surface area contributed by atoms with Crippen molar-refractivity contribution < 1.29 is 14.3 Å². The number of methoxy groups -OCH3 is 1. The van der Waals surface area contributed by atoms with E-state index in [1.54, 1.807) is 7.11 Å². The molecule has 0 saturated carbocycles. The van der Waals surface area contributed by atoms with Crippen molar-refractivity contribution in [3.8, 4) is 11.4 Å². The summed E-state index contributed by atoms with van der Waals surface area (Å²) in [5.41, 5.74) is 2.28. The van der Waals surface area contributed by atoms with Crippen LogP contribution in [0.4, 0.5) is 5.69 Å². The van der Waals surface area contributed by atoms with Crippen molar-refractivity contribution in [3.05, 3.63) is 41.9 Å². The van der Waals surface area contributed by atoms with Gasteiger partial charge in [0.25, 0.3) is 5.91 Å². The van der Waals surface area contributed by atoms with Crippen molar-refractivity contribution >= 4 is 17.5 Å². The van der Waals surface area contributed by atoms with Crippen LogP contribution in [-0.2, 0) is 20.9 Å². The minimum atomic E-state index is -0.306. The van der Waals surface area contributed by atoms with Crippen LogP contribution in [0.5, 0.6) is 0 Å². The third kappa shape index (κ3) is 3.33. The number of rotatable bonds is 5. The highest BCUT2D eigenvalue weighted by Gasteiger charge is 2.24. The molecule has 3 rings (SSSR count). The van der Waals surface area contributed by atoms with Gasteiger partial charge in [-0.1, -0.05) is 12.1 Å². The molecule has 8 heteroatoms. The van der Waals surface area contributed by atoms with Crippen LogP contribution in [0, 0.1) is 0 Å². The molecule has 0 spiro atoms. The molecule has 0 unspecified atom stereocenters. The van der Waals surface area contributed by atoms with Crippen molar-refractivity contribution in [1.82, 2.24) is 20.1 Å². The van der Waals surface area contributed by atoms with Crippen molar-refractivity contribution in [2.75, 3.05) is 19.0 Å². The summed E-state index contributed by atoms with van der Waals surface area (Å²) in [5.74, 6) is 0.632. The number of anilines is 1. The fraction of sp³-hybridized carbons (Fsp3) is 0.250. The highest BCUT2D eigenvalue weighted by Crippen LogP contribution is 2.22. The van der Waals surface area contributed by atoms with Gasteiger partial charge < -0.3 is 10.1 Å². The van der Waals surface area contributed by atoms with Gasteiger partial charge in [-0.2, -0.15) is 5.10 Å². The number of benzene rings is 1. The minimum Gasteiger partial charge on any atom is -0.377 e. The maximum atomic E-state index is 11.7. The molecule has 0 aliphatic carbocycles. The third-order valence-corrected chi connectivity index (χ3v) is 3.51. The van der Waals surface area contributed by atoms with E-state index < -0.39 is 0 Å². The lowest BCUT2D eigenvalue weighted by molar-refractivity contribution is -0.138. The van der Waals surface area contributed by atoms with Gasteiger partial charge in [0.15, 0.2) is 11.6 Å². The van der Waals surface area contributed by atoms with Crippen molar-refractivity contribution in [2.45, 2.75) is 13.5 Å². The van der Waals surface area contributed by atoms with Gasteiger partial charge in [0.2, 0.25) is 5.91 Å². The van der Waals surface area contributed by atoms with Gasteiger partial charge >= 0.3 is 0 Å². The monoisotopic (exact) mass is 327 g/mol. The number of carbonyl (C=O) groups excluding carboxylic acids is 2. The molecule has 0 atom stereocenters. The number of hydrogen-bond donors (Lipinski definition) is 2. The number of nitrogens with zero attached hydrogens (tertiary/aromatic N) is 3. The first-order valence-corrected chi connectivity index (χ1v) is 7.37. The topological polar surface area (TPSA) is 100 Å². The number of imide groups is 1. The lowest BCUT2D eigenvalue weighted by Gasteiger charge is -2.12. The fourth-order valence-electron chi connectivity index (χ4n) is 2.41. The Hall–Kier alpha value is -3.00. The second kappa shape index (κ2) is 6.63. The first-order valence-electron chi connectivity index (χ1n) is 7.37. The van der Waals surface area contributed by atoms with E-state index in [4.69, 9.17) is 4.74 Å². The molecule has 0 bridgehead atoms. The van der Waals surface area contributed by atoms with E-state index in [0.717, 1.165) is 11.3 Å². The number of ether oxygens (including phenoxy) is 1. The minimum absolute atomic E-state index is 0.247. The van der Waals surface area contributed by atoms with E-state index in [2.05, 4.69) is 20.5 Å². The lowest BCUT2D eigenvalue weighted by atomic mass is 10.2. The summed E-state index contributed by atoms with van der Waals surface area (Å²) in [6, 6.07) is 7.50. The highest BCUT2D eigenvalue weighted by molar-refractivity contribution is 6.03. The zero-order valence-corrected chi connectivity index (χ0v) is 13.4. The molecule has 1 aromatic heterocycles. The van der Waals surface area contributed by atoms with Crippen LogP contribution in [-0.4, -0.2) is 45.6 Å². The number of H-pyrrole nitrogens is 1. The van der Waals surface area contributed by atoms with E-state index in [1.807, 2.05) is 24.3 Å². The normalized spacial score (nSPS) is 14.0. The van der Waals surface area contributed by atoms with Crippen LogP contribution in [0.2, 0.25) is 0 Å². The Morgan fingerprint density at radius 1 is 1.46 bits per heavy atom. The maximum Gasteiger partial charge on any atom is 0.255 e. The smallest absolute Gasteiger partial charge is 0.255 e. The molecule has 124 valence electrons. The largest absolute Gasteiger partial charge is 0.377 e. The van der Waals surface area contributed by atoms with Crippen LogP contribution in [0.15, 0.2) is 36.0 Å². The molecule has 0 fully saturated rings. The number of aromatic nitrogens is 3. The molecule has 2 N–H and O–H groups in total. The number of carbonyl (C=O) groups is 2. The molecule has 2 heterocycles. The Bertz CT molecular complexity index is 812. The molecule has 0 radical (unpaired) electrons. The summed E-state index contributed by atoms with van der Waals surface area (Å²) in [7, 11) is 1.59. The van der Waals surface area contributed by atoms with Gasteiger partial charge in [0.05, 0.1) is 6.54 Å². The summed E-state index contributed by atoms with van der Waals surface area (Å²) < 4.78 is 5.01. The van der Waals surface area contributed by atoms with Gasteiger partial charge in [-0.25, -0.2) is 4.98 Å². The highest BCUT2D eigenvalue weighted by atomic mass is 16.5. The van der Waals surface area contributed by atoms with Crippen LogP contribution in [0.1, 0.15) is 12.7 Å². The van der Waals surface area contributed by atoms with E-state index >= 15 is 0 Å². The van der Waals surface area contributed by atoms with Gasteiger partial charge in [0, 0.05) is 37.1 Å². The molecular formula is C16H17N5O3. The first-order chi connectivity index (χ1) is 11.6. The Labute approximate surface area is 138 Å². The quantitative estimate of drug-likeness (QED) is 0.858. The van der Waals surface area contributed by atoms with Crippen LogP contribution < -0.4 is 5.32 Å². The molecule has 1 aromatic carbocycles. The number of amides is 2. The number of aromatic amines is 1. The standard InChI is InChI=1S/C16H17N5O3/c1-10(22)21-8-13(7-15(21)23)17-12-5-3-4-11(6-12)16-18-14(9-24-2)19-20-16/h3-7,17H,8-9H2,1-2H3,(H,18,19,20). The first kappa shape index (κ1) is 15.9. The van der Waals surface area contributed by atoms with Gasteiger partial charge in [-0.15, -0.1) is 0 Å². The second-order valence-electron chi connectivity index (χ2n) is 5.36.